The van der Waals surface area contributed by atoms with Crippen LogP contribution in [0.3, 0.4) is 0 Å². The summed E-state index contributed by atoms with van der Waals surface area (Å²) < 4.78 is 25.6. The molecule has 8 nitrogen and oxygen atoms in total. The molecule has 2 N–H and O–H groups in total. The van der Waals surface area contributed by atoms with E-state index in [0.29, 0.717) is 32.8 Å². The fraction of sp³-hybridized carbons (Fsp3) is 0.148. The maximum absolute atomic E-state index is 13.9. The van der Waals surface area contributed by atoms with Gasteiger partial charge in [0, 0.05) is 15.7 Å². The van der Waals surface area contributed by atoms with Gasteiger partial charge in [-0.05, 0) is 54.5 Å². The number of aryl methyl sites for hydroxylation is 1. The molecule has 1 aliphatic rings. The molecule has 1 aliphatic heterocycles. The third-order valence-corrected chi connectivity index (χ3v) is 6.18. The summed E-state index contributed by atoms with van der Waals surface area (Å²) in [5, 5.41) is 5.18. The summed E-state index contributed by atoms with van der Waals surface area (Å²) in [6.45, 7) is 1.44. The number of nitrogens with zero attached hydrogens (tertiary/aromatic N) is 1. The van der Waals surface area contributed by atoms with Crippen molar-refractivity contribution in [1.82, 2.24) is 10.2 Å². The third-order valence-electron chi connectivity index (χ3n) is 5.49. The topological polar surface area (TPSA) is 97.0 Å². The van der Waals surface area contributed by atoms with Crippen molar-refractivity contribution in [2.24, 2.45) is 0 Å². The van der Waals surface area contributed by atoms with Gasteiger partial charge < -0.3 is 20.1 Å². The van der Waals surface area contributed by atoms with Crippen LogP contribution in [-0.4, -0.2) is 36.4 Å². The van der Waals surface area contributed by atoms with Gasteiger partial charge in [-0.3, -0.25) is 9.59 Å². The number of rotatable bonds is 8. The van der Waals surface area contributed by atoms with Gasteiger partial charge in [0.1, 0.15) is 24.7 Å². The first kappa shape index (κ1) is 25.9. The van der Waals surface area contributed by atoms with Crippen molar-refractivity contribution in [1.29, 1.82) is 0 Å². The van der Waals surface area contributed by atoms with E-state index in [9.17, 15) is 18.8 Å². The second-order valence-electron chi connectivity index (χ2n) is 8.20. The molecule has 1 heterocycles. The van der Waals surface area contributed by atoms with Gasteiger partial charge in [0.2, 0.25) is 5.91 Å². The van der Waals surface area contributed by atoms with Crippen molar-refractivity contribution < 1.29 is 28.2 Å². The Morgan fingerprint density at radius 1 is 1.11 bits per heavy atom. The fourth-order valence-corrected chi connectivity index (χ4v) is 4.08. The molecule has 4 amide bonds. The molecule has 190 valence electrons. The zero-order chi connectivity index (χ0) is 26.5. The summed E-state index contributed by atoms with van der Waals surface area (Å²) in [6.07, 6.45) is 1.46. The molecular formula is C27H23BrFN3O5. The van der Waals surface area contributed by atoms with Gasteiger partial charge >= 0.3 is 6.03 Å². The van der Waals surface area contributed by atoms with E-state index in [4.69, 9.17) is 9.47 Å². The highest BCUT2D eigenvalue weighted by Crippen LogP contribution is 2.35. The first-order valence-electron chi connectivity index (χ1n) is 11.2. The van der Waals surface area contributed by atoms with Gasteiger partial charge in [-0.2, -0.15) is 0 Å². The molecule has 0 aromatic heterocycles. The van der Waals surface area contributed by atoms with Crippen molar-refractivity contribution in [3.8, 4) is 11.5 Å². The van der Waals surface area contributed by atoms with Crippen LogP contribution in [0.4, 0.5) is 14.9 Å². The van der Waals surface area contributed by atoms with Crippen molar-refractivity contribution in [3.63, 3.8) is 0 Å². The zero-order valence-corrected chi connectivity index (χ0v) is 21.6. The number of carbonyl (C=O) groups is 3. The number of imide groups is 1. The van der Waals surface area contributed by atoms with Gasteiger partial charge in [0.15, 0.2) is 11.5 Å². The SMILES string of the molecule is COc1cc(/C=C2/NC(=O)N(CC(=O)Nc3cccc(C)c3)C2=O)c(Br)cc1OCc1ccccc1F. The predicted molar refractivity (Wildman–Crippen MR) is 139 cm³/mol. The van der Waals surface area contributed by atoms with Crippen molar-refractivity contribution in [2.45, 2.75) is 13.5 Å². The molecule has 0 bridgehead atoms. The highest BCUT2D eigenvalue weighted by Gasteiger charge is 2.35. The van der Waals surface area contributed by atoms with Crippen LogP contribution in [0.1, 0.15) is 16.7 Å². The molecular weight excluding hydrogens is 545 g/mol. The Balaban J connectivity index is 1.48. The highest BCUT2D eigenvalue weighted by molar-refractivity contribution is 9.10. The summed E-state index contributed by atoms with van der Waals surface area (Å²) in [5.41, 5.74) is 2.43. The molecule has 0 aliphatic carbocycles. The molecule has 3 aromatic carbocycles. The minimum atomic E-state index is -0.705. The molecule has 0 spiro atoms. The number of benzene rings is 3. The van der Waals surface area contributed by atoms with E-state index >= 15 is 0 Å². The predicted octanol–water partition coefficient (Wildman–Crippen LogP) is 5.02. The zero-order valence-electron chi connectivity index (χ0n) is 20.0. The van der Waals surface area contributed by atoms with Crippen LogP contribution in [0.15, 0.2) is 70.8 Å². The number of ether oxygens (including phenoxy) is 2. The summed E-state index contributed by atoms with van der Waals surface area (Å²) in [4.78, 5) is 38.6. The number of carbonyl (C=O) groups excluding carboxylic acids is 3. The lowest BCUT2D eigenvalue weighted by atomic mass is 10.1. The van der Waals surface area contributed by atoms with E-state index in [1.807, 2.05) is 13.0 Å². The third kappa shape index (κ3) is 6.15. The van der Waals surface area contributed by atoms with E-state index in [1.165, 1.54) is 19.3 Å². The summed E-state index contributed by atoms with van der Waals surface area (Å²) in [5.74, 6) is -0.826. The quantitative estimate of drug-likeness (QED) is 0.294. The lowest BCUT2D eigenvalue weighted by Gasteiger charge is -2.13. The largest absolute Gasteiger partial charge is 0.493 e. The normalized spacial score (nSPS) is 14.1. The second-order valence-corrected chi connectivity index (χ2v) is 9.06. The molecule has 4 rings (SSSR count). The fourth-order valence-electron chi connectivity index (χ4n) is 3.64. The Morgan fingerprint density at radius 2 is 1.89 bits per heavy atom. The second kappa shape index (κ2) is 11.3. The molecule has 0 atom stereocenters. The maximum Gasteiger partial charge on any atom is 0.329 e. The lowest BCUT2D eigenvalue weighted by molar-refractivity contribution is -0.127. The molecule has 0 saturated carbocycles. The number of methoxy groups -OCH3 is 1. The molecule has 0 unspecified atom stereocenters. The van der Waals surface area contributed by atoms with E-state index in [2.05, 4.69) is 26.6 Å². The van der Waals surface area contributed by atoms with E-state index in [-0.39, 0.29) is 18.1 Å². The summed E-state index contributed by atoms with van der Waals surface area (Å²) in [6, 6.07) is 16.0. The molecule has 10 heteroatoms. The van der Waals surface area contributed by atoms with Crippen LogP contribution >= 0.6 is 15.9 Å². The van der Waals surface area contributed by atoms with Gasteiger partial charge in [-0.1, -0.05) is 46.3 Å². The monoisotopic (exact) mass is 567 g/mol. The molecule has 3 aromatic rings. The number of nitrogens with one attached hydrogen (secondary N) is 2. The highest BCUT2D eigenvalue weighted by atomic mass is 79.9. The van der Waals surface area contributed by atoms with Crippen LogP contribution in [0.5, 0.6) is 11.5 Å². The average molecular weight is 568 g/mol. The first-order chi connectivity index (χ1) is 17.7. The van der Waals surface area contributed by atoms with Gasteiger partial charge in [0.05, 0.1) is 7.11 Å². The van der Waals surface area contributed by atoms with Crippen molar-refractivity contribution in [2.75, 3.05) is 19.0 Å². The standard InChI is InChI=1S/C27H23BrFN3O5/c1-16-6-5-8-19(10-16)30-25(33)14-32-26(34)22(31-27(32)35)11-18-12-23(36-2)24(13-20(18)28)37-15-17-7-3-4-9-21(17)29/h3-13H,14-15H2,1-2H3,(H,30,33)(H,31,35)/b22-11+. The molecule has 1 fully saturated rings. The average Bonchev–Trinajstić information content (AvgIpc) is 3.12. The number of anilines is 1. The van der Waals surface area contributed by atoms with E-state index in [1.54, 1.807) is 48.5 Å². The number of hydrogen-bond acceptors (Lipinski definition) is 5. The van der Waals surface area contributed by atoms with E-state index in [0.717, 1.165) is 10.5 Å². The molecule has 0 radical (unpaired) electrons. The van der Waals surface area contributed by atoms with Crippen molar-refractivity contribution in [3.05, 3.63) is 93.3 Å². The van der Waals surface area contributed by atoms with Gasteiger partial charge in [0.25, 0.3) is 5.91 Å². The number of halogens is 2. The molecule has 37 heavy (non-hydrogen) atoms. The summed E-state index contributed by atoms with van der Waals surface area (Å²) in [7, 11) is 1.45. The Kier molecular flexibility index (Phi) is 7.88. The Hall–Kier alpha value is -4.18. The Bertz CT molecular complexity index is 1410. The van der Waals surface area contributed by atoms with Crippen LogP contribution in [0.2, 0.25) is 0 Å². The Morgan fingerprint density at radius 3 is 2.62 bits per heavy atom. The summed E-state index contributed by atoms with van der Waals surface area (Å²) >= 11 is 3.44. The van der Waals surface area contributed by atoms with Crippen LogP contribution in [-0.2, 0) is 16.2 Å². The van der Waals surface area contributed by atoms with E-state index < -0.39 is 24.4 Å². The minimum absolute atomic E-state index is 0.00358. The van der Waals surface area contributed by atoms with Gasteiger partial charge in [-0.25, -0.2) is 14.1 Å². The maximum atomic E-state index is 13.9. The number of amides is 4. The van der Waals surface area contributed by atoms with Crippen molar-refractivity contribution >= 4 is 45.5 Å². The lowest BCUT2D eigenvalue weighted by Crippen LogP contribution is -2.38. The molecule has 1 saturated heterocycles. The van der Waals surface area contributed by atoms with Crippen LogP contribution in [0.25, 0.3) is 6.08 Å². The van der Waals surface area contributed by atoms with Crippen LogP contribution in [0, 0.1) is 12.7 Å². The number of urea groups is 1. The van der Waals surface area contributed by atoms with Gasteiger partial charge in [-0.15, -0.1) is 0 Å². The van der Waals surface area contributed by atoms with Crippen LogP contribution < -0.4 is 20.1 Å². The smallest absolute Gasteiger partial charge is 0.329 e. The Labute approximate surface area is 221 Å². The minimum Gasteiger partial charge on any atom is -0.493 e. The first-order valence-corrected chi connectivity index (χ1v) is 12.0. The number of hydrogen-bond donors (Lipinski definition) is 2.